The van der Waals surface area contributed by atoms with Gasteiger partial charge < -0.3 is 41.7 Å². The molecule has 72 heavy (non-hydrogen) atoms. The molecule has 6 N–H and O–H groups in total. The van der Waals surface area contributed by atoms with Crippen LogP contribution in [0.3, 0.4) is 0 Å². The third-order valence-electron chi connectivity index (χ3n) is 15.9. The van der Waals surface area contributed by atoms with E-state index in [1.54, 1.807) is 0 Å². The van der Waals surface area contributed by atoms with E-state index in [0.717, 1.165) is 116 Å². The molecule has 0 saturated carbocycles. The number of hydrogen-bond acceptors (Lipinski definition) is 14. The number of nitrogens with zero attached hydrogens (tertiary/aromatic N) is 8. The summed E-state index contributed by atoms with van der Waals surface area (Å²) < 4.78 is 0. The Bertz CT molecular complexity index is 1880. The van der Waals surface area contributed by atoms with Gasteiger partial charge in [0.05, 0.1) is 0 Å². The lowest BCUT2D eigenvalue weighted by molar-refractivity contribution is 0.115. The molecule has 2 aromatic heterocycles. The van der Waals surface area contributed by atoms with Crippen LogP contribution in [0.15, 0.2) is 0 Å². The fraction of sp³-hybridized carbons (Fsp3) is 0.893. The fourth-order valence-corrected chi connectivity index (χ4v) is 15.3. The van der Waals surface area contributed by atoms with E-state index >= 15 is 0 Å². The third-order valence-corrected chi connectivity index (χ3v) is 16.2. The topological polar surface area (TPSA) is 156 Å². The van der Waals surface area contributed by atoms with Gasteiger partial charge in [-0.1, -0.05) is 39.5 Å². The molecule has 0 amide bonds. The number of rotatable bonds is 21. The van der Waals surface area contributed by atoms with Crippen LogP contribution in [0.25, 0.3) is 0 Å². The van der Waals surface area contributed by atoms with E-state index in [-0.39, 0.29) is 79.0 Å². The molecule has 6 rings (SSSR count). The highest BCUT2D eigenvalue weighted by Crippen LogP contribution is 2.40. The van der Waals surface area contributed by atoms with Crippen molar-refractivity contribution in [2.75, 3.05) is 33.5 Å². The normalized spacial score (nSPS) is 24.6. The van der Waals surface area contributed by atoms with Crippen LogP contribution in [-0.2, 0) is 0 Å². The molecule has 4 fully saturated rings. The van der Waals surface area contributed by atoms with E-state index in [1.165, 1.54) is 0 Å². The molecule has 410 valence electrons. The summed E-state index contributed by atoms with van der Waals surface area (Å²) in [6.45, 7) is 43.3. The summed E-state index contributed by atoms with van der Waals surface area (Å²) in [5.41, 5.74) is -0.0922. The van der Waals surface area contributed by atoms with Crippen molar-refractivity contribution >= 4 is 47.0 Å². The predicted octanol–water partition coefficient (Wildman–Crippen LogP) is 12.1. The summed E-state index contributed by atoms with van der Waals surface area (Å²) in [6, 6.07) is 0.900. The molecule has 14 nitrogen and oxygen atoms in total. The SMILES string of the molecule is CCCC(Nc1nc(Cl)nc(N(CCCCCCN(c2nc(Cl)nc(NC(CCC)C3CC(C)(C)NC(C)(C)C3)n2)C2CC(C)(C)NC(C)(C)C2)C2CC(C)(C)NC(C)(C)C2)n1)C1CC(C)(C)NC(C)(C)C1. The lowest BCUT2D eigenvalue weighted by atomic mass is 9.72. The molecular formula is C56H102Cl2N14. The maximum atomic E-state index is 6.89. The minimum atomic E-state index is -0.0595. The number of hydrogen-bond donors (Lipinski definition) is 6. The number of nitrogens with one attached hydrogen (secondary N) is 6. The summed E-state index contributed by atoms with van der Waals surface area (Å²) >= 11 is 13.8. The van der Waals surface area contributed by atoms with Gasteiger partial charge in [-0.3, -0.25) is 0 Å². The van der Waals surface area contributed by atoms with Gasteiger partial charge in [0.25, 0.3) is 0 Å². The molecule has 2 unspecified atom stereocenters. The molecule has 6 heterocycles. The smallest absolute Gasteiger partial charge is 0.231 e. The van der Waals surface area contributed by atoms with E-state index in [4.69, 9.17) is 53.1 Å². The first-order chi connectivity index (χ1) is 33.2. The average molecular weight is 1040 g/mol. The van der Waals surface area contributed by atoms with Crippen molar-refractivity contribution in [3.63, 3.8) is 0 Å². The second-order valence-corrected chi connectivity index (χ2v) is 29.0. The van der Waals surface area contributed by atoms with Crippen LogP contribution >= 0.6 is 23.2 Å². The zero-order chi connectivity index (χ0) is 53.3. The van der Waals surface area contributed by atoms with Gasteiger partial charge in [-0.05, 0) is 223 Å². The Labute approximate surface area is 447 Å². The van der Waals surface area contributed by atoms with Crippen molar-refractivity contribution in [3.05, 3.63) is 10.6 Å². The first kappa shape index (κ1) is 58.9. The van der Waals surface area contributed by atoms with E-state index < -0.39 is 0 Å². The molecule has 0 aromatic carbocycles. The largest absolute Gasteiger partial charge is 0.351 e. The third kappa shape index (κ3) is 17.1. The van der Waals surface area contributed by atoms with Gasteiger partial charge in [0.15, 0.2) is 0 Å². The molecule has 2 atom stereocenters. The molecule has 4 aliphatic heterocycles. The van der Waals surface area contributed by atoms with Gasteiger partial charge in [0, 0.05) is 81.6 Å². The van der Waals surface area contributed by atoms with Crippen LogP contribution in [0.2, 0.25) is 10.6 Å². The highest BCUT2D eigenvalue weighted by Gasteiger charge is 2.45. The Morgan fingerprint density at radius 3 is 0.986 bits per heavy atom. The number of halogens is 2. The van der Waals surface area contributed by atoms with Crippen molar-refractivity contribution in [2.45, 2.75) is 296 Å². The number of unbranched alkanes of at least 4 members (excludes halogenated alkanes) is 3. The molecule has 16 heteroatoms. The highest BCUT2D eigenvalue weighted by molar-refractivity contribution is 6.28. The summed E-state index contributed by atoms with van der Waals surface area (Å²) in [5.74, 6) is 3.43. The molecule has 0 bridgehead atoms. The second-order valence-electron chi connectivity index (χ2n) is 28.4. The molecule has 0 spiro atoms. The first-order valence-corrected chi connectivity index (χ1v) is 29.0. The summed E-state index contributed by atoms with van der Waals surface area (Å²) in [5, 5.41) is 23.7. The van der Waals surface area contributed by atoms with Crippen LogP contribution in [0.1, 0.15) is 227 Å². The van der Waals surface area contributed by atoms with Crippen LogP contribution in [0, 0.1) is 11.8 Å². The Morgan fingerprint density at radius 1 is 0.431 bits per heavy atom. The summed E-state index contributed by atoms with van der Waals surface area (Å²) in [4.78, 5) is 34.7. The van der Waals surface area contributed by atoms with Gasteiger partial charge >= 0.3 is 0 Å². The van der Waals surface area contributed by atoms with Gasteiger partial charge in [-0.25, -0.2) is 0 Å². The zero-order valence-corrected chi connectivity index (χ0v) is 50.0. The van der Waals surface area contributed by atoms with E-state index in [1.807, 2.05) is 0 Å². The maximum Gasteiger partial charge on any atom is 0.231 e. The predicted molar refractivity (Wildman–Crippen MR) is 304 cm³/mol. The summed E-state index contributed by atoms with van der Waals surface area (Å²) in [6.07, 6.45) is 16.5. The van der Waals surface area contributed by atoms with Gasteiger partial charge in [0.1, 0.15) is 0 Å². The highest BCUT2D eigenvalue weighted by atomic mass is 35.5. The van der Waals surface area contributed by atoms with E-state index in [2.05, 4.69) is 166 Å². The minimum Gasteiger partial charge on any atom is -0.351 e. The second kappa shape index (κ2) is 22.7. The average Bonchev–Trinajstić information content (AvgIpc) is 3.16. The van der Waals surface area contributed by atoms with Crippen molar-refractivity contribution in [2.24, 2.45) is 11.8 Å². The van der Waals surface area contributed by atoms with Crippen molar-refractivity contribution in [1.82, 2.24) is 51.2 Å². The quantitative estimate of drug-likeness (QED) is 0.0657. The van der Waals surface area contributed by atoms with E-state index in [0.29, 0.717) is 35.6 Å². The molecule has 2 aromatic rings. The van der Waals surface area contributed by atoms with Gasteiger partial charge in [-0.2, -0.15) is 29.9 Å². The van der Waals surface area contributed by atoms with Crippen molar-refractivity contribution < 1.29 is 0 Å². The van der Waals surface area contributed by atoms with Crippen molar-refractivity contribution in [1.29, 1.82) is 0 Å². The number of aromatic nitrogens is 6. The number of piperidine rings is 4. The van der Waals surface area contributed by atoms with E-state index in [9.17, 15) is 0 Å². The van der Waals surface area contributed by atoms with Crippen LogP contribution in [0.4, 0.5) is 23.8 Å². The Hall–Kier alpha value is -2.36. The Balaban J connectivity index is 1.21. The van der Waals surface area contributed by atoms with Crippen molar-refractivity contribution in [3.8, 4) is 0 Å². The monoisotopic (exact) mass is 1040 g/mol. The zero-order valence-electron chi connectivity index (χ0n) is 48.5. The fourth-order valence-electron chi connectivity index (χ4n) is 15.0. The minimum absolute atomic E-state index is 0.0364. The van der Waals surface area contributed by atoms with Crippen LogP contribution in [-0.4, -0.2) is 111 Å². The van der Waals surface area contributed by atoms with Crippen LogP contribution in [0.5, 0.6) is 0 Å². The molecule has 4 aliphatic rings. The maximum absolute atomic E-state index is 6.89. The first-order valence-electron chi connectivity index (χ1n) is 28.2. The summed E-state index contributed by atoms with van der Waals surface area (Å²) in [7, 11) is 0. The molecule has 0 aliphatic carbocycles. The lowest BCUT2D eigenvalue weighted by Crippen LogP contribution is -2.62. The van der Waals surface area contributed by atoms with Gasteiger partial charge in [0.2, 0.25) is 34.4 Å². The Morgan fingerprint density at radius 2 is 0.708 bits per heavy atom. The lowest BCUT2D eigenvalue weighted by Gasteiger charge is -2.50. The van der Waals surface area contributed by atoms with Crippen LogP contribution < -0.4 is 41.7 Å². The van der Waals surface area contributed by atoms with Gasteiger partial charge in [-0.15, -0.1) is 0 Å². The molecule has 0 radical (unpaired) electrons. The Kier molecular flexibility index (Phi) is 18.6. The molecule has 4 saturated heterocycles. The molecular weight excluding hydrogens is 940 g/mol. The number of anilines is 4. The standard InChI is InChI=1S/C56H102Cl2N14/c1-19-25-41(37-29-49(3,4)67-50(5,6)30-37)59-45-61-43(57)63-47(65-45)71(39-33-53(11,12)69-54(13,14)34-39)27-23-21-22-24-28-72(40-35-55(15,16)70-56(17,18)36-40)48-64-44(58)62-46(66-48)60-42(26-20-2)38-31-51(7,8)68-52(9,10)32-38/h37-42,67-70H,19-36H2,1-18H3,(H,59,61,63,65)(H,60,62,64,66).